The van der Waals surface area contributed by atoms with Crippen LogP contribution in [-0.4, -0.2) is 11.1 Å². The molecule has 6 heteroatoms. The number of carboxylic acid groups (broad SMARTS) is 1. The molecule has 1 N–H and O–H groups in total. The van der Waals surface area contributed by atoms with E-state index in [1.165, 1.54) is 18.2 Å². The van der Waals surface area contributed by atoms with Crippen molar-refractivity contribution in [2.24, 2.45) is 0 Å². The van der Waals surface area contributed by atoms with E-state index in [9.17, 15) is 13.6 Å². The maximum absolute atomic E-state index is 13.0. The van der Waals surface area contributed by atoms with E-state index < -0.39 is 17.6 Å². The molecule has 2 aromatic rings. The summed E-state index contributed by atoms with van der Waals surface area (Å²) in [4.78, 5) is 10.8. The van der Waals surface area contributed by atoms with Crippen LogP contribution in [0.15, 0.2) is 40.9 Å². The Balaban J connectivity index is 2.28. The summed E-state index contributed by atoms with van der Waals surface area (Å²) < 4.78 is 31.5. The molecule has 0 aliphatic rings. The molecule has 2 rings (SSSR count). The summed E-state index contributed by atoms with van der Waals surface area (Å²) in [6.07, 6.45) is 0. The van der Waals surface area contributed by atoms with Gasteiger partial charge in [-0.3, -0.25) is 0 Å². The predicted octanol–water partition coefficient (Wildman–Crippen LogP) is 4.22. The largest absolute Gasteiger partial charge is 0.478 e. The van der Waals surface area contributed by atoms with Gasteiger partial charge >= 0.3 is 5.97 Å². The molecule has 0 saturated carbocycles. The number of rotatable bonds is 3. The van der Waals surface area contributed by atoms with Gasteiger partial charge < -0.3 is 9.84 Å². The van der Waals surface area contributed by atoms with Gasteiger partial charge in [0.25, 0.3) is 0 Å². The average molecular weight is 329 g/mol. The monoisotopic (exact) mass is 328 g/mol. The van der Waals surface area contributed by atoms with Gasteiger partial charge in [-0.25, -0.2) is 13.6 Å². The molecule has 2 aromatic carbocycles. The van der Waals surface area contributed by atoms with E-state index in [4.69, 9.17) is 9.84 Å². The number of halogens is 3. The maximum Gasteiger partial charge on any atom is 0.336 e. The van der Waals surface area contributed by atoms with Crippen molar-refractivity contribution in [1.82, 2.24) is 0 Å². The topological polar surface area (TPSA) is 46.5 Å². The molecule has 98 valence electrons. The van der Waals surface area contributed by atoms with Gasteiger partial charge in [-0.1, -0.05) is 0 Å². The number of hydrogen-bond donors (Lipinski definition) is 1. The Hall–Kier alpha value is -1.95. The molecule has 3 nitrogen and oxygen atoms in total. The summed E-state index contributed by atoms with van der Waals surface area (Å²) in [5.41, 5.74) is 0.0674. The molecule has 0 fully saturated rings. The molecule has 0 radical (unpaired) electrons. The molecule has 0 bridgehead atoms. The highest BCUT2D eigenvalue weighted by Gasteiger charge is 2.10. The Labute approximate surface area is 115 Å². The first-order chi connectivity index (χ1) is 8.95. The molecule has 0 atom stereocenters. The standard InChI is InChI=1S/C13H7BrF2O3/c14-12-6-9(1-2-11(12)13(17)18)19-10-4-7(15)3-8(16)5-10/h1-6H,(H,17,18). The molecule has 0 heterocycles. The van der Waals surface area contributed by atoms with E-state index in [1.54, 1.807) is 0 Å². The van der Waals surface area contributed by atoms with E-state index >= 15 is 0 Å². The molecule has 0 aromatic heterocycles. The molecule has 0 amide bonds. The van der Waals surface area contributed by atoms with E-state index in [0.29, 0.717) is 4.47 Å². The highest BCUT2D eigenvalue weighted by molar-refractivity contribution is 9.10. The fourth-order valence-electron chi connectivity index (χ4n) is 1.46. The Morgan fingerprint density at radius 1 is 1.05 bits per heavy atom. The Morgan fingerprint density at radius 3 is 2.21 bits per heavy atom. The first-order valence-corrected chi connectivity index (χ1v) is 5.92. The number of ether oxygens (including phenoxy) is 1. The van der Waals surface area contributed by atoms with Crippen LogP contribution in [0.25, 0.3) is 0 Å². The second-order valence-corrected chi connectivity index (χ2v) is 4.51. The summed E-state index contributed by atoms with van der Waals surface area (Å²) in [5.74, 6) is -2.34. The predicted molar refractivity (Wildman–Crippen MR) is 67.5 cm³/mol. The van der Waals surface area contributed by atoms with Crippen molar-refractivity contribution in [3.05, 3.63) is 58.1 Å². The minimum absolute atomic E-state index is 0.00697. The highest BCUT2D eigenvalue weighted by atomic mass is 79.9. The SMILES string of the molecule is O=C(O)c1ccc(Oc2cc(F)cc(F)c2)cc1Br. The quantitative estimate of drug-likeness (QED) is 0.917. The van der Waals surface area contributed by atoms with Gasteiger partial charge in [0.05, 0.1) is 5.56 Å². The van der Waals surface area contributed by atoms with Crippen LogP contribution >= 0.6 is 15.9 Å². The van der Waals surface area contributed by atoms with Gasteiger partial charge in [0.15, 0.2) is 0 Å². The molecule has 0 unspecified atom stereocenters. The summed E-state index contributed by atoms with van der Waals surface area (Å²) in [6.45, 7) is 0. The highest BCUT2D eigenvalue weighted by Crippen LogP contribution is 2.28. The summed E-state index contributed by atoms with van der Waals surface area (Å²) in [5, 5.41) is 8.85. The van der Waals surface area contributed by atoms with E-state index in [2.05, 4.69) is 15.9 Å². The Bertz CT molecular complexity index is 624. The molecular weight excluding hydrogens is 322 g/mol. The molecule has 0 saturated heterocycles. The van der Waals surface area contributed by atoms with Gasteiger partial charge in [-0.2, -0.15) is 0 Å². The van der Waals surface area contributed by atoms with Crippen LogP contribution in [-0.2, 0) is 0 Å². The zero-order chi connectivity index (χ0) is 14.0. The number of carbonyl (C=O) groups is 1. The van der Waals surface area contributed by atoms with Crippen molar-refractivity contribution in [2.45, 2.75) is 0 Å². The lowest BCUT2D eigenvalue weighted by Crippen LogP contribution is -1.97. The minimum Gasteiger partial charge on any atom is -0.478 e. The smallest absolute Gasteiger partial charge is 0.336 e. The van der Waals surface area contributed by atoms with Crippen LogP contribution in [0.4, 0.5) is 8.78 Å². The van der Waals surface area contributed by atoms with Crippen LogP contribution in [0.1, 0.15) is 10.4 Å². The number of benzene rings is 2. The van der Waals surface area contributed by atoms with Crippen LogP contribution < -0.4 is 4.74 Å². The second-order valence-electron chi connectivity index (χ2n) is 3.65. The van der Waals surface area contributed by atoms with Crippen molar-refractivity contribution < 1.29 is 23.4 Å². The number of carboxylic acids is 1. The van der Waals surface area contributed by atoms with Crippen LogP contribution in [0.3, 0.4) is 0 Å². The normalized spacial score (nSPS) is 10.3. The van der Waals surface area contributed by atoms with E-state index in [1.807, 2.05) is 0 Å². The molecular formula is C13H7BrF2O3. The lowest BCUT2D eigenvalue weighted by molar-refractivity contribution is 0.0696. The molecule has 0 aliphatic heterocycles. The van der Waals surface area contributed by atoms with Crippen molar-refractivity contribution in [3.63, 3.8) is 0 Å². The maximum atomic E-state index is 13.0. The Kier molecular flexibility index (Phi) is 3.80. The number of aromatic carboxylic acids is 1. The number of hydrogen-bond acceptors (Lipinski definition) is 2. The molecule has 0 aliphatic carbocycles. The van der Waals surface area contributed by atoms with Crippen molar-refractivity contribution >= 4 is 21.9 Å². The molecule has 0 spiro atoms. The Morgan fingerprint density at radius 2 is 1.68 bits per heavy atom. The third-order valence-electron chi connectivity index (χ3n) is 2.24. The van der Waals surface area contributed by atoms with E-state index in [0.717, 1.165) is 18.2 Å². The van der Waals surface area contributed by atoms with Gasteiger partial charge in [-0.05, 0) is 34.1 Å². The van der Waals surface area contributed by atoms with Gasteiger partial charge in [0.1, 0.15) is 23.1 Å². The first-order valence-electron chi connectivity index (χ1n) is 5.12. The van der Waals surface area contributed by atoms with Gasteiger partial charge in [-0.15, -0.1) is 0 Å². The average Bonchev–Trinajstić information content (AvgIpc) is 2.26. The van der Waals surface area contributed by atoms with Crippen molar-refractivity contribution in [3.8, 4) is 11.5 Å². The third kappa shape index (κ3) is 3.29. The second kappa shape index (κ2) is 5.36. The lowest BCUT2D eigenvalue weighted by atomic mass is 10.2. The minimum atomic E-state index is -1.09. The van der Waals surface area contributed by atoms with Crippen LogP contribution in [0.2, 0.25) is 0 Å². The summed E-state index contributed by atoms with van der Waals surface area (Å²) in [7, 11) is 0. The summed E-state index contributed by atoms with van der Waals surface area (Å²) in [6, 6.07) is 6.93. The van der Waals surface area contributed by atoms with Crippen molar-refractivity contribution in [2.75, 3.05) is 0 Å². The first kappa shape index (κ1) is 13.5. The van der Waals surface area contributed by atoms with Gasteiger partial charge in [0, 0.05) is 22.7 Å². The summed E-state index contributed by atoms with van der Waals surface area (Å²) >= 11 is 3.08. The van der Waals surface area contributed by atoms with Crippen LogP contribution in [0, 0.1) is 11.6 Å². The van der Waals surface area contributed by atoms with Crippen LogP contribution in [0.5, 0.6) is 11.5 Å². The van der Waals surface area contributed by atoms with Gasteiger partial charge in [0.2, 0.25) is 0 Å². The fraction of sp³-hybridized carbons (Fsp3) is 0. The zero-order valence-corrected chi connectivity index (χ0v) is 10.9. The lowest BCUT2D eigenvalue weighted by Gasteiger charge is -2.07. The van der Waals surface area contributed by atoms with E-state index in [-0.39, 0.29) is 17.1 Å². The molecule has 19 heavy (non-hydrogen) atoms. The third-order valence-corrected chi connectivity index (χ3v) is 2.90. The van der Waals surface area contributed by atoms with Crippen molar-refractivity contribution in [1.29, 1.82) is 0 Å². The fourth-order valence-corrected chi connectivity index (χ4v) is 1.98. The zero-order valence-electron chi connectivity index (χ0n) is 9.36.